The molecule has 3 aromatic heterocycles. The Bertz CT molecular complexity index is 3240. The molecule has 2 amide bonds. The summed E-state index contributed by atoms with van der Waals surface area (Å²) in [5.41, 5.74) is 10.5. The number of benzene rings is 2. The Morgan fingerprint density at radius 1 is 0.882 bits per heavy atom. The Labute approximate surface area is 445 Å². The summed E-state index contributed by atoms with van der Waals surface area (Å²) in [6.45, 7) is 12.5. The van der Waals surface area contributed by atoms with E-state index in [0.717, 1.165) is 135 Å². The quantitative estimate of drug-likeness (QED) is 0.0821. The van der Waals surface area contributed by atoms with Gasteiger partial charge in [-0.3, -0.25) is 48.1 Å². The van der Waals surface area contributed by atoms with Crippen LogP contribution in [0.3, 0.4) is 0 Å². The number of ketones is 1. The predicted molar refractivity (Wildman–Crippen MR) is 297 cm³/mol. The summed E-state index contributed by atoms with van der Waals surface area (Å²) in [5, 5.41) is 5.48. The van der Waals surface area contributed by atoms with Crippen LogP contribution in [0.2, 0.25) is 0 Å². The number of carbonyl (C=O) groups excluding carboxylic acids is 3. The minimum atomic E-state index is -0.673. The number of hydrogen-bond donors (Lipinski definition) is 2. The zero-order valence-corrected chi connectivity index (χ0v) is 45.1. The summed E-state index contributed by atoms with van der Waals surface area (Å²) in [7, 11) is 1.80. The predicted octanol–water partition coefficient (Wildman–Crippen LogP) is 10.0. The van der Waals surface area contributed by atoms with E-state index in [0.29, 0.717) is 60.7 Å². The molecular formula is C62H75FN8O5. The third-order valence-corrected chi connectivity index (χ3v) is 18.3. The van der Waals surface area contributed by atoms with Crippen molar-refractivity contribution in [3.05, 3.63) is 133 Å². The van der Waals surface area contributed by atoms with Crippen molar-refractivity contribution in [2.75, 3.05) is 38.5 Å². The first-order valence-corrected chi connectivity index (χ1v) is 28.4. The van der Waals surface area contributed by atoms with Crippen LogP contribution in [0.4, 0.5) is 10.1 Å². The number of aromatic nitrogens is 4. The Balaban J connectivity index is 0.668. The molecule has 4 fully saturated rings. The van der Waals surface area contributed by atoms with E-state index >= 15 is 4.39 Å². The number of halogens is 1. The number of pyridine rings is 2. The van der Waals surface area contributed by atoms with Crippen LogP contribution in [0.25, 0.3) is 28.4 Å². The molecule has 5 aromatic rings. The molecule has 0 spiro atoms. The molecule has 2 saturated carbocycles. The number of nitrogens with one attached hydrogen (secondary N) is 2. The summed E-state index contributed by atoms with van der Waals surface area (Å²) in [5.74, 6) is 0.776. The fourth-order valence-electron chi connectivity index (χ4n) is 13.9. The second-order valence-corrected chi connectivity index (χ2v) is 23.5. The molecule has 76 heavy (non-hydrogen) atoms. The Morgan fingerprint density at radius 3 is 2.41 bits per heavy atom. The summed E-state index contributed by atoms with van der Waals surface area (Å²) in [6.07, 6.45) is 21.1. The average molecular weight is 1030 g/mol. The zero-order valence-electron chi connectivity index (χ0n) is 45.1. The maximum absolute atomic E-state index is 16.2. The van der Waals surface area contributed by atoms with E-state index in [4.69, 9.17) is 4.98 Å². The first-order valence-electron chi connectivity index (χ1n) is 28.4. The maximum Gasteiger partial charge on any atom is 0.330 e. The van der Waals surface area contributed by atoms with Crippen molar-refractivity contribution in [2.45, 2.75) is 148 Å². The molecule has 5 atom stereocenters. The third kappa shape index (κ3) is 10.5. The fourth-order valence-corrected chi connectivity index (χ4v) is 13.9. The van der Waals surface area contributed by atoms with E-state index in [-0.39, 0.29) is 53.2 Å². The second kappa shape index (κ2) is 21.6. The molecule has 3 aliphatic heterocycles. The second-order valence-electron chi connectivity index (χ2n) is 23.5. The number of piperidine rings is 1. The highest BCUT2D eigenvalue weighted by Crippen LogP contribution is 2.40. The van der Waals surface area contributed by atoms with Gasteiger partial charge in [-0.1, -0.05) is 19.1 Å². The van der Waals surface area contributed by atoms with Gasteiger partial charge in [0.2, 0.25) is 11.8 Å². The number of imidazole rings is 1. The van der Waals surface area contributed by atoms with E-state index < -0.39 is 11.9 Å². The number of Topliss-reactive ketones (excluding diaryl/α,β-unsaturated/α-hetero) is 1. The number of anilines is 1. The van der Waals surface area contributed by atoms with Crippen molar-refractivity contribution in [1.29, 1.82) is 0 Å². The summed E-state index contributed by atoms with van der Waals surface area (Å²) >= 11 is 0. The van der Waals surface area contributed by atoms with Gasteiger partial charge in [0.25, 0.3) is 5.56 Å². The molecular weight excluding hydrogens is 956 g/mol. The highest BCUT2D eigenvalue weighted by atomic mass is 19.1. The topological polar surface area (TPSA) is 144 Å². The van der Waals surface area contributed by atoms with E-state index in [2.05, 4.69) is 65.5 Å². The minimum Gasteiger partial charge on any atom is -0.388 e. The molecule has 6 heterocycles. The van der Waals surface area contributed by atoms with Gasteiger partial charge >= 0.3 is 5.69 Å². The van der Waals surface area contributed by atoms with Gasteiger partial charge in [-0.25, -0.2) is 9.18 Å². The van der Waals surface area contributed by atoms with Crippen LogP contribution in [0.5, 0.6) is 0 Å². The highest BCUT2D eigenvalue weighted by Gasteiger charge is 2.36. The van der Waals surface area contributed by atoms with Gasteiger partial charge in [0.15, 0.2) is 5.78 Å². The number of aryl methyl sites for hydroxylation is 1. The smallest absolute Gasteiger partial charge is 0.330 e. The van der Waals surface area contributed by atoms with Crippen LogP contribution >= 0.6 is 0 Å². The summed E-state index contributed by atoms with van der Waals surface area (Å²) in [4.78, 5) is 75.4. The summed E-state index contributed by atoms with van der Waals surface area (Å²) in [6, 6.07) is 15.3. The van der Waals surface area contributed by atoms with Crippen molar-refractivity contribution in [3.8, 4) is 5.69 Å². The van der Waals surface area contributed by atoms with Crippen LogP contribution in [0.1, 0.15) is 155 Å². The molecule has 2 aromatic carbocycles. The van der Waals surface area contributed by atoms with Gasteiger partial charge < -0.3 is 10.2 Å². The largest absolute Gasteiger partial charge is 0.388 e. The Morgan fingerprint density at radius 2 is 1.68 bits per heavy atom. The lowest BCUT2D eigenvalue weighted by Gasteiger charge is -2.37. The van der Waals surface area contributed by atoms with E-state index in [1.807, 2.05) is 42.0 Å². The lowest BCUT2D eigenvalue weighted by atomic mass is 9.78. The summed E-state index contributed by atoms with van der Waals surface area (Å²) < 4.78 is 21.4. The SMILES string of the molecule is CNc1ccn(-c2ccnc3c2C=C([C@H](C)N2CC=C(c4c(C)cc(C(=O)CC5CCC(CN6CCCC(Cc7ccc8c(c7)n(C7CC7)c(=O)n8C7CCC(=O)NC7=O)CC6C)CC5)cc4F)CC2)C(C)C3)c(=O)c1. The maximum atomic E-state index is 16.2. The van der Waals surface area contributed by atoms with E-state index in [1.165, 1.54) is 17.2 Å². The molecule has 6 aliphatic rings. The van der Waals surface area contributed by atoms with Crippen LogP contribution in [0, 0.1) is 36.4 Å². The number of likely N-dealkylation sites (tertiary alicyclic amines) is 1. The molecule has 14 heteroatoms. The number of hydrogen-bond acceptors (Lipinski definition) is 9. The molecule has 0 bridgehead atoms. The number of carbonyl (C=O) groups is 3. The van der Waals surface area contributed by atoms with Crippen molar-refractivity contribution in [2.24, 2.45) is 23.7 Å². The molecule has 400 valence electrons. The number of rotatable bonds is 14. The van der Waals surface area contributed by atoms with Gasteiger partial charge in [-0.15, -0.1) is 0 Å². The van der Waals surface area contributed by atoms with Gasteiger partial charge in [0.1, 0.15) is 11.9 Å². The third-order valence-electron chi connectivity index (χ3n) is 18.3. The Hall–Kier alpha value is -6.25. The number of imide groups is 1. The monoisotopic (exact) mass is 1030 g/mol. The van der Waals surface area contributed by atoms with E-state index in [9.17, 15) is 24.0 Å². The van der Waals surface area contributed by atoms with Gasteiger partial charge in [0, 0.05) is 98.5 Å². The lowest BCUT2D eigenvalue weighted by molar-refractivity contribution is -0.135. The molecule has 2 N–H and O–H groups in total. The molecule has 13 nitrogen and oxygen atoms in total. The van der Waals surface area contributed by atoms with E-state index in [1.54, 1.807) is 28.4 Å². The number of fused-ring (bicyclic) bond motifs is 2. The van der Waals surface area contributed by atoms with Crippen LogP contribution in [0.15, 0.2) is 82.2 Å². The minimum absolute atomic E-state index is 0.0401. The molecule has 3 aliphatic carbocycles. The molecule has 0 radical (unpaired) electrons. The lowest BCUT2D eigenvalue weighted by Crippen LogP contribution is -2.44. The number of nitrogens with zero attached hydrogens (tertiary/aromatic N) is 6. The van der Waals surface area contributed by atoms with Crippen LogP contribution in [-0.4, -0.2) is 91.4 Å². The van der Waals surface area contributed by atoms with Crippen molar-refractivity contribution in [1.82, 2.24) is 33.8 Å². The fraction of sp³-hybridized carbons (Fsp3) is 0.516. The highest BCUT2D eigenvalue weighted by molar-refractivity contribution is 6.00. The van der Waals surface area contributed by atoms with Crippen LogP contribution in [-0.2, 0) is 22.4 Å². The zero-order chi connectivity index (χ0) is 52.9. The van der Waals surface area contributed by atoms with Gasteiger partial charge in [-0.2, -0.15) is 0 Å². The molecule has 11 rings (SSSR count). The first-order chi connectivity index (χ1) is 36.7. The van der Waals surface area contributed by atoms with Crippen molar-refractivity contribution in [3.63, 3.8) is 0 Å². The molecule has 2 saturated heterocycles. The average Bonchev–Trinajstić information content (AvgIpc) is 4.25. The standard InChI is InChI=1S/C62H75FN8O5/c1-37-28-52-50(53(18-22-65-52)69-26-21-47(64-5)34-59(69)74)35-49(37)40(4)67-24-19-45(20-25-67)60-38(2)27-46(33-51(60)63)57(72)32-41-8-10-42(11-9-41)36-68-23-6-7-43(29-39(68)3)30-44-12-15-54-56(31-44)70(48-13-14-48)62(76)71(54)55-16-17-58(73)66-61(55)75/h12,15,18-19,21-22,26-27,31,33-35,37,39-43,48,55,64H,6-11,13-14,16-17,20,23-25,28-30,32,36H2,1-5H3,(H,66,73,75)/t37?,39?,40-,41?,42?,43?,55?/m0/s1. The van der Waals surface area contributed by atoms with Crippen molar-refractivity contribution < 1.29 is 18.8 Å². The first kappa shape index (κ1) is 51.8. The Kier molecular flexibility index (Phi) is 14.8. The normalized spacial score (nSPS) is 25.1. The molecule has 4 unspecified atom stereocenters. The van der Waals surface area contributed by atoms with Gasteiger partial charge in [-0.05, 0) is 199 Å². The van der Waals surface area contributed by atoms with Crippen molar-refractivity contribution >= 4 is 46.0 Å². The van der Waals surface area contributed by atoms with Crippen LogP contribution < -0.4 is 21.9 Å². The van der Waals surface area contributed by atoms with Gasteiger partial charge in [0.05, 0.1) is 22.4 Å². The number of amides is 2.